The molecule has 34 heavy (non-hydrogen) atoms. The average Bonchev–Trinajstić information content (AvgIpc) is 3.12. The highest BCUT2D eigenvalue weighted by Crippen LogP contribution is 2.34. The van der Waals surface area contributed by atoms with E-state index in [0.29, 0.717) is 18.3 Å². The Morgan fingerprint density at radius 3 is 2.41 bits per heavy atom. The van der Waals surface area contributed by atoms with Gasteiger partial charge in [0.05, 0.1) is 23.5 Å². The van der Waals surface area contributed by atoms with E-state index in [-0.39, 0.29) is 22.5 Å². The summed E-state index contributed by atoms with van der Waals surface area (Å²) in [6.07, 6.45) is -1.62. The molecular weight excluding hydrogens is 476 g/mol. The summed E-state index contributed by atoms with van der Waals surface area (Å²) in [5, 5.41) is 10.1. The molecule has 0 fully saturated rings. The number of hydrogen-bond acceptors (Lipinski definition) is 6. The lowest BCUT2D eigenvalue weighted by Crippen LogP contribution is -2.43. The van der Waals surface area contributed by atoms with Crippen LogP contribution in [0.4, 0.5) is 17.6 Å². The molecule has 0 aliphatic heterocycles. The maximum absolute atomic E-state index is 14.0. The van der Waals surface area contributed by atoms with E-state index in [2.05, 4.69) is 15.0 Å². The van der Waals surface area contributed by atoms with Gasteiger partial charge in [-0.25, -0.2) is 27.8 Å². The summed E-state index contributed by atoms with van der Waals surface area (Å²) in [5.74, 6) is -0.334. The molecule has 0 amide bonds. The largest absolute Gasteiger partial charge is 0.404 e. The molecule has 0 bridgehead atoms. The lowest BCUT2D eigenvalue weighted by Gasteiger charge is -2.17. The number of aromatic nitrogens is 4. The molecule has 0 spiro atoms. The highest BCUT2D eigenvalue weighted by molar-refractivity contribution is 7.89. The minimum atomic E-state index is -4.78. The molecule has 0 saturated heterocycles. The summed E-state index contributed by atoms with van der Waals surface area (Å²) >= 11 is 0. The van der Waals surface area contributed by atoms with Crippen LogP contribution < -0.4 is 4.72 Å². The van der Waals surface area contributed by atoms with Gasteiger partial charge in [-0.3, -0.25) is 4.57 Å². The zero-order chi connectivity index (χ0) is 24.7. The van der Waals surface area contributed by atoms with Crippen LogP contribution in [0.5, 0.6) is 0 Å². The monoisotopic (exact) mass is 490 g/mol. The van der Waals surface area contributed by atoms with E-state index in [0.717, 1.165) is 18.5 Å². The van der Waals surface area contributed by atoms with Crippen molar-refractivity contribution in [2.45, 2.75) is 24.0 Å². The van der Waals surface area contributed by atoms with Crippen molar-refractivity contribution in [3.63, 3.8) is 0 Å². The SMILES string of the molecule is C[C@H](NS(=O)(=O)c1cnc(-c2c(C#N)c3cc(F)ccc3n2-c2ccccn2)nc1)C(F)(F)F. The zero-order valence-electron chi connectivity index (χ0n) is 17.2. The number of fused-ring (bicyclic) bond motifs is 1. The normalized spacial score (nSPS) is 13.1. The molecule has 1 aromatic carbocycles. The number of nitrogens with one attached hydrogen (secondary N) is 1. The number of nitriles is 1. The third-order valence-corrected chi connectivity index (χ3v) is 6.39. The van der Waals surface area contributed by atoms with E-state index in [1.54, 1.807) is 18.2 Å². The fraction of sp³-hybridized carbons (Fsp3) is 0.143. The Bertz CT molecular complexity index is 1510. The van der Waals surface area contributed by atoms with E-state index in [1.165, 1.54) is 27.6 Å². The van der Waals surface area contributed by atoms with Gasteiger partial charge in [0.1, 0.15) is 34.3 Å². The van der Waals surface area contributed by atoms with Gasteiger partial charge in [0.2, 0.25) is 10.0 Å². The van der Waals surface area contributed by atoms with Crippen LogP contribution in [0, 0.1) is 17.1 Å². The fourth-order valence-electron chi connectivity index (χ4n) is 3.26. The Morgan fingerprint density at radius 1 is 1.12 bits per heavy atom. The van der Waals surface area contributed by atoms with E-state index in [1.807, 2.05) is 6.07 Å². The Hall–Kier alpha value is -3.89. The molecule has 1 N–H and O–H groups in total. The molecule has 8 nitrogen and oxygen atoms in total. The molecule has 4 aromatic rings. The zero-order valence-corrected chi connectivity index (χ0v) is 18.1. The summed E-state index contributed by atoms with van der Waals surface area (Å²) in [6.45, 7) is 0.663. The maximum Gasteiger partial charge on any atom is 0.404 e. The van der Waals surface area contributed by atoms with Gasteiger partial charge in [-0.05, 0) is 37.3 Å². The summed E-state index contributed by atoms with van der Waals surface area (Å²) < 4.78 is 80.0. The van der Waals surface area contributed by atoms with Gasteiger partial charge < -0.3 is 0 Å². The Balaban J connectivity index is 1.87. The summed E-state index contributed by atoms with van der Waals surface area (Å²) in [7, 11) is -4.58. The third-order valence-electron chi connectivity index (χ3n) is 4.89. The van der Waals surface area contributed by atoms with Gasteiger partial charge in [0.15, 0.2) is 5.82 Å². The molecule has 1 atom stereocenters. The minimum Gasteiger partial charge on any atom is -0.289 e. The molecule has 3 heterocycles. The number of benzene rings is 1. The molecule has 0 aliphatic rings. The number of sulfonamides is 1. The standard InChI is InChI=1S/C21H14F4N6O2S/c1-12(21(23,24)25)30-34(32,33)14-10-28-20(29-11-14)19-16(9-26)15-8-13(22)5-6-17(15)31(19)18-4-2-3-7-27-18/h2-8,10-12,30H,1H3/t12-/m0/s1. The number of pyridine rings is 1. The van der Waals surface area contributed by atoms with Crippen LogP contribution in [0.1, 0.15) is 12.5 Å². The first-order valence-electron chi connectivity index (χ1n) is 9.60. The summed E-state index contributed by atoms with van der Waals surface area (Å²) in [4.78, 5) is 11.6. The van der Waals surface area contributed by atoms with Gasteiger partial charge in [-0.1, -0.05) is 6.07 Å². The van der Waals surface area contributed by atoms with Crippen LogP contribution in [0.15, 0.2) is 59.9 Å². The number of alkyl halides is 3. The van der Waals surface area contributed by atoms with E-state index >= 15 is 0 Å². The molecule has 3 aromatic heterocycles. The van der Waals surface area contributed by atoms with Crippen molar-refractivity contribution in [1.82, 2.24) is 24.2 Å². The second kappa shape index (κ2) is 8.47. The Labute approximate surface area is 190 Å². The quantitative estimate of drug-likeness (QED) is 0.427. The molecule has 0 radical (unpaired) electrons. The van der Waals surface area contributed by atoms with E-state index in [9.17, 15) is 31.2 Å². The first-order chi connectivity index (χ1) is 16.0. The van der Waals surface area contributed by atoms with E-state index < -0.39 is 33.0 Å². The van der Waals surface area contributed by atoms with Crippen molar-refractivity contribution in [3.05, 3.63) is 66.4 Å². The van der Waals surface area contributed by atoms with Gasteiger partial charge in [0, 0.05) is 11.6 Å². The molecule has 174 valence electrons. The number of nitrogens with zero attached hydrogens (tertiary/aromatic N) is 5. The highest BCUT2D eigenvalue weighted by Gasteiger charge is 2.39. The molecule has 4 rings (SSSR count). The Morgan fingerprint density at radius 2 is 1.82 bits per heavy atom. The predicted octanol–water partition coefficient (Wildman–Crippen LogP) is 3.72. The van der Waals surface area contributed by atoms with Gasteiger partial charge in [0.25, 0.3) is 0 Å². The smallest absolute Gasteiger partial charge is 0.289 e. The molecule has 13 heteroatoms. The van der Waals surface area contributed by atoms with Crippen molar-refractivity contribution in [2.75, 3.05) is 0 Å². The molecule has 0 saturated carbocycles. The summed E-state index contributed by atoms with van der Waals surface area (Å²) in [6, 6.07) is 8.48. The van der Waals surface area contributed by atoms with E-state index in [4.69, 9.17) is 0 Å². The summed E-state index contributed by atoms with van der Waals surface area (Å²) in [5.41, 5.74) is 0.551. The van der Waals surface area contributed by atoms with Crippen LogP contribution in [0.3, 0.4) is 0 Å². The van der Waals surface area contributed by atoms with Crippen molar-refractivity contribution < 1.29 is 26.0 Å². The topological polar surface area (TPSA) is 114 Å². The van der Waals surface area contributed by atoms with Gasteiger partial charge in [-0.2, -0.15) is 23.2 Å². The van der Waals surface area contributed by atoms with Crippen molar-refractivity contribution in [3.8, 4) is 23.4 Å². The first kappa shape index (κ1) is 23.3. The average molecular weight is 490 g/mol. The van der Waals surface area contributed by atoms with Crippen molar-refractivity contribution in [2.24, 2.45) is 0 Å². The van der Waals surface area contributed by atoms with Gasteiger partial charge >= 0.3 is 6.18 Å². The van der Waals surface area contributed by atoms with Crippen LogP contribution in [-0.4, -0.2) is 40.2 Å². The second-order valence-electron chi connectivity index (χ2n) is 7.15. The van der Waals surface area contributed by atoms with Crippen LogP contribution in [-0.2, 0) is 10.0 Å². The lowest BCUT2D eigenvalue weighted by atomic mass is 10.1. The molecule has 0 aliphatic carbocycles. The second-order valence-corrected chi connectivity index (χ2v) is 8.86. The predicted molar refractivity (Wildman–Crippen MR) is 113 cm³/mol. The van der Waals surface area contributed by atoms with Crippen molar-refractivity contribution in [1.29, 1.82) is 5.26 Å². The first-order valence-corrected chi connectivity index (χ1v) is 11.1. The molecule has 0 unspecified atom stereocenters. The lowest BCUT2D eigenvalue weighted by molar-refractivity contribution is -0.147. The maximum atomic E-state index is 14.0. The highest BCUT2D eigenvalue weighted by atomic mass is 32.2. The fourth-order valence-corrected chi connectivity index (χ4v) is 4.38. The minimum absolute atomic E-state index is 0.0135. The number of rotatable bonds is 5. The van der Waals surface area contributed by atoms with Crippen LogP contribution in [0.25, 0.3) is 28.2 Å². The van der Waals surface area contributed by atoms with Crippen molar-refractivity contribution >= 4 is 20.9 Å². The van der Waals surface area contributed by atoms with Crippen LogP contribution >= 0.6 is 0 Å². The Kier molecular flexibility index (Phi) is 5.80. The number of halogens is 4. The van der Waals surface area contributed by atoms with Gasteiger partial charge in [-0.15, -0.1) is 0 Å². The molecular formula is C21H14F4N6O2S. The van der Waals surface area contributed by atoms with Crippen LogP contribution in [0.2, 0.25) is 0 Å². The number of hydrogen-bond donors (Lipinski definition) is 1. The third kappa shape index (κ3) is 4.20.